The summed E-state index contributed by atoms with van der Waals surface area (Å²) in [5, 5.41) is 8.61. The number of hydrogen-bond donors (Lipinski definition) is 1. The average Bonchev–Trinajstić information content (AvgIpc) is 2.09. The molecule has 1 aromatic heterocycles. The van der Waals surface area contributed by atoms with Gasteiger partial charge in [-0.3, -0.25) is 0 Å². The van der Waals surface area contributed by atoms with E-state index >= 15 is 0 Å². The van der Waals surface area contributed by atoms with Gasteiger partial charge >= 0.3 is 0 Å². The summed E-state index contributed by atoms with van der Waals surface area (Å²) in [5.41, 5.74) is -0.132. The second-order valence-electron chi connectivity index (χ2n) is 2.27. The summed E-state index contributed by atoms with van der Waals surface area (Å²) >= 11 is 8.43. The minimum absolute atomic E-state index is 0.0677. The van der Waals surface area contributed by atoms with Crippen LogP contribution in [0.25, 0.3) is 0 Å². The van der Waals surface area contributed by atoms with Gasteiger partial charge in [0.2, 0.25) is 0 Å². The van der Waals surface area contributed by atoms with Gasteiger partial charge in [-0.1, -0.05) is 11.6 Å². The molecule has 1 heterocycles. The quantitative estimate of drug-likeness (QED) is 0.840. The first-order valence-electron chi connectivity index (χ1n) is 3.30. The number of aliphatic hydroxyl groups excluding tert-OH is 1. The third-order valence-electron chi connectivity index (χ3n) is 1.40. The first kappa shape index (κ1) is 10.8. The molecule has 0 amide bonds. The number of nitrogens with zero attached hydrogens (tertiary/aromatic N) is 1. The molecule has 1 N–H and O–H groups in total. The van der Waals surface area contributed by atoms with Crippen LogP contribution in [-0.2, 0) is 6.61 Å². The number of aromatic nitrogens is 1. The SMILES string of the molecule is OCc1cc(C(F)F)c(Br)c(Cl)n1. The number of hydrogen-bond acceptors (Lipinski definition) is 2. The van der Waals surface area contributed by atoms with Crippen molar-refractivity contribution in [3.05, 3.63) is 26.9 Å². The maximum Gasteiger partial charge on any atom is 0.265 e. The molecule has 13 heavy (non-hydrogen) atoms. The van der Waals surface area contributed by atoms with Crippen LogP contribution in [-0.4, -0.2) is 10.1 Å². The normalized spacial score (nSPS) is 10.9. The van der Waals surface area contributed by atoms with E-state index in [9.17, 15) is 8.78 Å². The van der Waals surface area contributed by atoms with Gasteiger partial charge in [0, 0.05) is 5.56 Å². The van der Waals surface area contributed by atoms with Crippen molar-refractivity contribution in [1.29, 1.82) is 0 Å². The van der Waals surface area contributed by atoms with E-state index in [-0.39, 0.29) is 20.9 Å². The third kappa shape index (κ3) is 2.36. The first-order valence-corrected chi connectivity index (χ1v) is 4.47. The molecule has 0 aliphatic heterocycles. The van der Waals surface area contributed by atoms with Crippen molar-refractivity contribution in [2.45, 2.75) is 13.0 Å². The number of halogens is 4. The fourth-order valence-corrected chi connectivity index (χ4v) is 1.40. The summed E-state index contributed by atoms with van der Waals surface area (Å²) in [6.45, 7) is -0.410. The minimum Gasteiger partial charge on any atom is -0.390 e. The Kier molecular flexibility index (Phi) is 3.58. The molecule has 0 aliphatic rings. The van der Waals surface area contributed by atoms with Crippen LogP contribution >= 0.6 is 27.5 Å². The van der Waals surface area contributed by atoms with Gasteiger partial charge in [-0.05, 0) is 22.0 Å². The van der Waals surface area contributed by atoms with Gasteiger partial charge in [0.05, 0.1) is 16.8 Å². The van der Waals surface area contributed by atoms with Crippen LogP contribution in [0, 0.1) is 0 Å². The smallest absolute Gasteiger partial charge is 0.265 e. The Balaban J connectivity index is 3.25. The van der Waals surface area contributed by atoms with Crippen molar-refractivity contribution >= 4 is 27.5 Å². The molecular weight excluding hydrogens is 267 g/mol. The van der Waals surface area contributed by atoms with Gasteiger partial charge in [-0.15, -0.1) is 0 Å². The number of aliphatic hydroxyl groups is 1. The van der Waals surface area contributed by atoms with Gasteiger partial charge in [0.15, 0.2) is 0 Å². The van der Waals surface area contributed by atoms with Crippen LogP contribution in [0.2, 0.25) is 5.15 Å². The van der Waals surface area contributed by atoms with Crippen LogP contribution in [0.5, 0.6) is 0 Å². The molecule has 72 valence electrons. The summed E-state index contributed by atoms with van der Waals surface area (Å²) in [5.74, 6) is 0. The zero-order valence-electron chi connectivity index (χ0n) is 6.27. The topological polar surface area (TPSA) is 33.1 Å². The molecule has 0 spiro atoms. The largest absolute Gasteiger partial charge is 0.390 e. The molecule has 2 nitrogen and oxygen atoms in total. The van der Waals surface area contributed by atoms with E-state index in [1.54, 1.807) is 0 Å². The Morgan fingerprint density at radius 3 is 2.69 bits per heavy atom. The highest BCUT2D eigenvalue weighted by Gasteiger charge is 2.16. The van der Waals surface area contributed by atoms with Crippen LogP contribution in [0.1, 0.15) is 17.7 Å². The lowest BCUT2D eigenvalue weighted by atomic mass is 10.2. The molecule has 0 saturated carbocycles. The third-order valence-corrected chi connectivity index (χ3v) is 2.73. The zero-order chi connectivity index (χ0) is 10.0. The second kappa shape index (κ2) is 4.30. The predicted molar refractivity (Wildman–Crippen MR) is 47.8 cm³/mol. The zero-order valence-corrected chi connectivity index (χ0v) is 8.61. The monoisotopic (exact) mass is 271 g/mol. The fraction of sp³-hybridized carbons (Fsp3) is 0.286. The summed E-state index contributed by atoms with van der Waals surface area (Å²) in [4.78, 5) is 3.67. The van der Waals surface area contributed by atoms with Crippen molar-refractivity contribution in [2.24, 2.45) is 0 Å². The Morgan fingerprint density at radius 2 is 2.23 bits per heavy atom. The number of pyridine rings is 1. The highest BCUT2D eigenvalue weighted by atomic mass is 79.9. The average molecular weight is 272 g/mol. The molecule has 0 atom stereocenters. The second-order valence-corrected chi connectivity index (χ2v) is 3.42. The van der Waals surface area contributed by atoms with E-state index in [0.717, 1.165) is 6.07 Å². The van der Waals surface area contributed by atoms with Gasteiger partial charge in [-0.25, -0.2) is 13.8 Å². The molecule has 0 fully saturated rings. The van der Waals surface area contributed by atoms with E-state index in [0.29, 0.717) is 0 Å². The Labute approximate surface area is 86.7 Å². The Bertz CT molecular complexity index is 322. The highest BCUT2D eigenvalue weighted by Crippen LogP contribution is 2.32. The Morgan fingerprint density at radius 1 is 1.62 bits per heavy atom. The lowest BCUT2D eigenvalue weighted by molar-refractivity contribution is 0.150. The number of alkyl halides is 2. The molecule has 0 bridgehead atoms. The van der Waals surface area contributed by atoms with Crippen molar-refractivity contribution < 1.29 is 13.9 Å². The molecular formula is C7H5BrClF2NO. The van der Waals surface area contributed by atoms with E-state index in [1.807, 2.05) is 0 Å². The van der Waals surface area contributed by atoms with Gasteiger partial charge in [0.25, 0.3) is 6.43 Å². The summed E-state index contributed by atoms with van der Waals surface area (Å²) in [6.07, 6.45) is -2.64. The summed E-state index contributed by atoms with van der Waals surface area (Å²) in [7, 11) is 0. The number of rotatable bonds is 2. The molecule has 0 unspecified atom stereocenters. The molecule has 1 aromatic rings. The fourth-order valence-electron chi connectivity index (χ4n) is 0.809. The van der Waals surface area contributed by atoms with E-state index in [2.05, 4.69) is 20.9 Å². The molecule has 1 rings (SSSR count). The van der Waals surface area contributed by atoms with E-state index < -0.39 is 13.0 Å². The van der Waals surface area contributed by atoms with Crippen molar-refractivity contribution in [2.75, 3.05) is 0 Å². The maximum atomic E-state index is 12.3. The Hall–Kier alpha value is -0.260. The van der Waals surface area contributed by atoms with Crippen LogP contribution in [0.3, 0.4) is 0 Å². The van der Waals surface area contributed by atoms with Crippen LogP contribution < -0.4 is 0 Å². The highest BCUT2D eigenvalue weighted by molar-refractivity contribution is 9.10. The summed E-state index contributed by atoms with van der Waals surface area (Å²) < 4.78 is 24.7. The molecule has 0 saturated heterocycles. The lowest BCUT2D eigenvalue weighted by Crippen LogP contribution is -1.96. The van der Waals surface area contributed by atoms with Crippen molar-refractivity contribution in [1.82, 2.24) is 4.98 Å². The van der Waals surface area contributed by atoms with E-state index in [1.165, 1.54) is 0 Å². The minimum atomic E-state index is -2.64. The van der Waals surface area contributed by atoms with Crippen LogP contribution in [0.15, 0.2) is 10.5 Å². The van der Waals surface area contributed by atoms with Gasteiger partial charge in [0.1, 0.15) is 5.15 Å². The van der Waals surface area contributed by atoms with Crippen LogP contribution in [0.4, 0.5) is 8.78 Å². The van der Waals surface area contributed by atoms with Crippen molar-refractivity contribution in [3.63, 3.8) is 0 Å². The van der Waals surface area contributed by atoms with E-state index in [4.69, 9.17) is 16.7 Å². The standard InChI is InChI=1S/C7H5BrClF2NO/c8-5-4(7(10)11)1-3(2-13)12-6(5)9/h1,7,13H,2H2. The first-order chi connectivity index (χ1) is 6.06. The van der Waals surface area contributed by atoms with Gasteiger partial charge < -0.3 is 5.11 Å². The maximum absolute atomic E-state index is 12.3. The molecule has 0 radical (unpaired) electrons. The predicted octanol–water partition coefficient (Wildman–Crippen LogP) is 2.93. The summed E-state index contributed by atoms with van der Waals surface area (Å²) in [6, 6.07) is 1.11. The lowest BCUT2D eigenvalue weighted by Gasteiger charge is -2.06. The van der Waals surface area contributed by atoms with Crippen molar-refractivity contribution in [3.8, 4) is 0 Å². The molecule has 6 heteroatoms. The molecule has 0 aromatic carbocycles. The molecule has 0 aliphatic carbocycles. The van der Waals surface area contributed by atoms with Gasteiger partial charge in [-0.2, -0.15) is 0 Å².